The summed E-state index contributed by atoms with van der Waals surface area (Å²) >= 11 is 3.09. The first-order valence-corrected chi connectivity index (χ1v) is 10.1. The van der Waals surface area contributed by atoms with Crippen LogP contribution in [0, 0.1) is 5.92 Å². The van der Waals surface area contributed by atoms with Gasteiger partial charge in [0.2, 0.25) is 16.8 Å². The molecule has 6 nitrogen and oxygen atoms in total. The monoisotopic (exact) mass is 375 g/mol. The van der Waals surface area contributed by atoms with Gasteiger partial charge in [0.25, 0.3) is 0 Å². The molecule has 1 N–H and O–H groups in total. The van der Waals surface area contributed by atoms with Crippen LogP contribution in [0.15, 0.2) is 33.1 Å². The third-order valence-electron chi connectivity index (χ3n) is 3.48. The van der Waals surface area contributed by atoms with E-state index in [2.05, 4.69) is 58.6 Å². The van der Waals surface area contributed by atoms with Gasteiger partial charge in [-0.3, -0.25) is 0 Å². The number of rotatable bonds is 8. The molecular formula is C17H21N5OS2. The van der Waals surface area contributed by atoms with E-state index in [0.29, 0.717) is 23.4 Å². The molecule has 0 aliphatic heterocycles. The first kappa shape index (κ1) is 17.9. The van der Waals surface area contributed by atoms with Gasteiger partial charge in [-0.05, 0) is 17.9 Å². The average Bonchev–Trinajstić information content (AvgIpc) is 3.27. The summed E-state index contributed by atoms with van der Waals surface area (Å²) in [4.78, 5) is 4.46. The first-order valence-electron chi connectivity index (χ1n) is 8.26. The summed E-state index contributed by atoms with van der Waals surface area (Å²) < 4.78 is 6.23. The van der Waals surface area contributed by atoms with Gasteiger partial charge < -0.3 is 9.84 Å². The second-order valence-corrected chi connectivity index (χ2v) is 8.20. The number of nitrogens with one attached hydrogen (secondary N) is 1. The van der Waals surface area contributed by atoms with Crippen molar-refractivity contribution >= 4 is 28.2 Å². The molecule has 8 heteroatoms. The zero-order valence-electron chi connectivity index (χ0n) is 14.5. The number of aryl methyl sites for hydroxylation is 1. The Hall–Kier alpha value is -1.93. The predicted octanol–water partition coefficient (Wildman–Crippen LogP) is 4.51. The van der Waals surface area contributed by atoms with E-state index < -0.39 is 0 Å². The van der Waals surface area contributed by atoms with Gasteiger partial charge in [0, 0.05) is 12.1 Å². The molecule has 2 heterocycles. The number of nitrogens with zero attached hydrogens (tertiary/aromatic N) is 4. The van der Waals surface area contributed by atoms with E-state index in [4.69, 9.17) is 4.52 Å². The minimum absolute atomic E-state index is 0.572. The first-order chi connectivity index (χ1) is 12.1. The van der Waals surface area contributed by atoms with Crippen LogP contribution in [0.3, 0.4) is 0 Å². The zero-order chi connectivity index (χ0) is 17.6. The lowest BCUT2D eigenvalue weighted by Crippen LogP contribution is -2.07. The molecule has 0 spiro atoms. The maximum Gasteiger partial charge on any atom is 0.237 e. The van der Waals surface area contributed by atoms with E-state index in [1.807, 2.05) is 12.1 Å². The molecule has 0 atom stereocenters. The number of benzene rings is 1. The highest BCUT2D eigenvalue weighted by Gasteiger charge is 2.11. The number of hydrogen-bond acceptors (Lipinski definition) is 8. The van der Waals surface area contributed by atoms with Gasteiger partial charge in [-0.2, -0.15) is 4.98 Å². The standard InChI is InChI=1S/C17H21N5OS2/c1-4-12-5-7-13(8-6-12)15-19-14(23-22-15)10-24-17-21-20-16(25-17)18-9-11(2)3/h5-8,11H,4,9-10H2,1-3H3,(H,18,20). The number of aromatic nitrogens is 4. The fraction of sp³-hybridized carbons (Fsp3) is 0.412. The Kier molecular flexibility index (Phi) is 6.04. The number of hydrogen-bond donors (Lipinski definition) is 1. The SMILES string of the molecule is CCc1ccc(-c2noc(CSc3nnc(NCC(C)C)s3)n2)cc1. The summed E-state index contributed by atoms with van der Waals surface area (Å²) in [6.07, 6.45) is 1.02. The minimum Gasteiger partial charge on any atom is -0.360 e. The Bertz CT molecular complexity index is 797. The van der Waals surface area contributed by atoms with Crippen molar-refractivity contribution in [1.29, 1.82) is 0 Å². The lowest BCUT2D eigenvalue weighted by Gasteiger charge is -2.03. The lowest BCUT2D eigenvalue weighted by molar-refractivity contribution is 0.391. The molecule has 0 fully saturated rings. The Morgan fingerprint density at radius 1 is 1.20 bits per heavy atom. The Labute approximate surface area is 155 Å². The van der Waals surface area contributed by atoms with Gasteiger partial charge in [0.1, 0.15) is 0 Å². The van der Waals surface area contributed by atoms with Gasteiger partial charge in [-0.1, -0.05) is 73.3 Å². The third kappa shape index (κ3) is 5.02. The van der Waals surface area contributed by atoms with Gasteiger partial charge in [-0.15, -0.1) is 10.2 Å². The molecule has 0 saturated carbocycles. The number of anilines is 1. The molecule has 25 heavy (non-hydrogen) atoms. The van der Waals surface area contributed by atoms with Crippen LogP contribution >= 0.6 is 23.1 Å². The highest BCUT2D eigenvalue weighted by Crippen LogP contribution is 2.28. The average molecular weight is 376 g/mol. The van der Waals surface area contributed by atoms with Crippen molar-refractivity contribution in [3.8, 4) is 11.4 Å². The van der Waals surface area contributed by atoms with Crippen molar-refractivity contribution < 1.29 is 4.52 Å². The lowest BCUT2D eigenvalue weighted by atomic mass is 10.1. The molecule has 1 aromatic carbocycles. The largest absolute Gasteiger partial charge is 0.360 e. The van der Waals surface area contributed by atoms with Crippen molar-refractivity contribution in [2.24, 2.45) is 5.92 Å². The second-order valence-electron chi connectivity index (χ2n) is 6.00. The summed E-state index contributed by atoms with van der Waals surface area (Å²) in [6, 6.07) is 8.23. The van der Waals surface area contributed by atoms with Crippen LogP contribution in [-0.4, -0.2) is 26.9 Å². The van der Waals surface area contributed by atoms with E-state index in [9.17, 15) is 0 Å². The Morgan fingerprint density at radius 2 is 2.00 bits per heavy atom. The van der Waals surface area contributed by atoms with Crippen LogP contribution in [0.2, 0.25) is 0 Å². The maximum atomic E-state index is 5.34. The van der Waals surface area contributed by atoms with Crippen molar-refractivity contribution in [1.82, 2.24) is 20.3 Å². The molecule has 3 aromatic rings. The minimum atomic E-state index is 0.572. The molecule has 3 rings (SSSR count). The van der Waals surface area contributed by atoms with E-state index >= 15 is 0 Å². The van der Waals surface area contributed by atoms with E-state index in [1.165, 1.54) is 5.56 Å². The van der Waals surface area contributed by atoms with Crippen molar-refractivity contribution in [3.05, 3.63) is 35.7 Å². The van der Waals surface area contributed by atoms with Gasteiger partial charge in [0.05, 0.1) is 5.75 Å². The summed E-state index contributed by atoms with van der Waals surface area (Å²) in [7, 11) is 0. The van der Waals surface area contributed by atoms with Crippen LogP contribution in [0.1, 0.15) is 32.2 Å². The summed E-state index contributed by atoms with van der Waals surface area (Å²) in [5.74, 6) is 2.36. The quantitative estimate of drug-likeness (QED) is 0.580. The molecule has 0 saturated heterocycles. The maximum absolute atomic E-state index is 5.34. The Morgan fingerprint density at radius 3 is 2.72 bits per heavy atom. The van der Waals surface area contributed by atoms with Gasteiger partial charge in [0.15, 0.2) is 4.34 Å². The van der Waals surface area contributed by atoms with Crippen LogP contribution in [-0.2, 0) is 12.2 Å². The Balaban J connectivity index is 1.56. The molecule has 0 unspecified atom stereocenters. The van der Waals surface area contributed by atoms with Crippen molar-refractivity contribution in [2.75, 3.05) is 11.9 Å². The fourth-order valence-corrected chi connectivity index (χ4v) is 3.67. The van der Waals surface area contributed by atoms with Gasteiger partial charge >= 0.3 is 0 Å². The molecular weight excluding hydrogens is 354 g/mol. The van der Waals surface area contributed by atoms with E-state index in [1.54, 1.807) is 23.1 Å². The molecule has 0 radical (unpaired) electrons. The smallest absolute Gasteiger partial charge is 0.237 e. The second kappa shape index (κ2) is 8.44. The van der Waals surface area contributed by atoms with Gasteiger partial charge in [-0.25, -0.2) is 0 Å². The number of thioether (sulfide) groups is 1. The van der Waals surface area contributed by atoms with Crippen LogP contribution < -0.4 is 5.32 Å². The molecule has 132 valence electrons. The summed E-state index contributed by atoms with van der Waals surface area (Å²) in [6.45, 7) is 7.35. The summed E-state index contributed by atoms with van der Waals surface area (Å²) in [5.41, 5.74) is 2.26. The fourth-order valence-electron chi connectivity index (χ4n) is 2.07. The van der Waals surface area contributed by atoms with Crippen molar-refractivity contribution in [2.45, 2.75) is 37.3 Å². The molecule has 0 bridgehead atoms. The predicted molar refractivity (Wildman–Crippen MR) is 102 cm³/mol. The van der Waals surface area contributed by atoms with Crippen LogP contribution in [0.25, 0.3) is 11.4 Å². The van der Waals surface area contributed by atoms with Crippen LogP contribution in [0.5, 0.6) is 0 Å². The van der Waals surface area contributed by atoms with E-state index in [0.717, 1.165) is 28.0 Å². The highest BCUT2D eigenvalue weighted by atomic mass is 32.2. The normalized spacial score (nSPS) is 11.2. The zero-order valence-corrected chi connectivity index (χ0v) is 16.2. The topological polar surface area (TPSA) is 76.7 Å². The molecule has 2 aromatic heterocycles. The molecule has 0 aliphatic carbocycles. The third-order valence-corrected chi connectivity index (χ3v) is 5.47. The van der Waals surface area contributed by atoms with E-state index in [-0.39, 0.29) is 0 Å². The summed E-state index contributed by atoms with van der Waals surface area (Å²) in [5, 5.41) is 16.5. The molecule has 0 aliphatic rings. The molecule has 0 amide bonds. The van der Waals surface area contributed by atoms with Crippen molar-refractivity contribution in [3.63, 3.8) is 0 Å². The van der Waals surface area contributed by atoms with Crippen LogP contribution in [0.4, 0.5) is 5.13 Å². The highest BCUT2D eigenvalue weighted by molar-refractivity contribution is 8.00.